The first-order valence-electron chi connectivity index (χ1n) is 8.78. The van der Waals surface area contributed by atoms with E-state index in [0.29, 0.717) is 5.41 Å². The lowest BCUT2D eigenvalue weighted by Gasteiger charge is -2.33. The van der Waals surface area contributed by atoms with Crippen LogP contribution in [0.5, 0.6) is 0 Å². The van der Waals surface area contributed by atoms with Crippen LogP contribution in [0.15, 0.2) is 58.2 Å². The highest BCUT2D eigenvalue weighted by molar-refractivity contribution is 5.41. The van der Waals surface area contributed by atoms with Crippen molar-refractivity contribution in [1.82, 2.24) is 0 Å². The summed E-state index contributed by atoms with van der Waals surface area (Å²) in [5.41, 5.74) is 7.14. The molecule has 0 N–H and O–H groups in total. The predicted molar refractivity (Wildman–Crippen MR) is 98.9 cm³/mol. The van der Waals surface area contributed by atoms with Crippen molar-refractivity contribution in [3.05, 3.63) is 58.2 Å². The second-order valence-corrected chi connectivity index (χ2v) is 7.57. The summed E-state index contributed by atoms with van der Waals surface area (Å²) in [6.07, 6.45) is 17.8. The lowest BCUT2D eigenvalue weighted by molar-refractivity contribution is 0.377. The Hall–Kier alpha value is -1.81. The molecule has 0 aliphatic heterocycles. The van der Waals surface area contributed by atoms with Gasteiger partial charge in [-0.15, -0.1) is 0 Å². The van der Waals surface area contributed by atoms with E-state index in [9.17, 15) is 0 Å². The van der Waals surface area contributed by atoms with Crippen molar-refractivity contribution < 1.29 is 0 Å². The molecule has 0 saturated heterocycles. The molecule has 0 bridgehead atoms. The first kappa shape index (κ1) is 17.5. The van der Waals surface area contributed by atoms with Crippen molar-refractivity contribution in [1.29, 1.82) is 5.26 Å². The number of rotatable bonds is 3. The average molecular weight is 307 g/mol. The lowest BCUT2D eigenvalue weighted by Crippen LogP contribution is -2.19. The first-order valence-corrected chi connectivity index (χ1v) is 8.78. The molecule has 0 aromatic carbocycles. The molecule has 0 unspecified atom stereocenters. The molecule has 0 radical (unpaired) electrons. The van der Waals surface area contributed by atoms with Gasteiger partial charge in [-0.1, -0.05) is 49.3 Å². The van der Waals surface area contributed by atoms with Crippen LogP contribution in [0.4, 0.5) is 0 Å². The number of nitrogens with zero attached hydrogens (tertiary/aromatic N) is 1. The predicted octanol–water partition coefficient (Wildman–Crippen LogP) is 6.58. The second-order valence-electron chi connectivity index (χ2n) is 7.57. The quantitative estimate of drug-likeness (QED) is 0.427. The normalized spacial score (nSPS) is 24.0. The first-order chi connectivity index (χ1) is 10.9. The van der Waals surface area contributed by atoms with Gasteiger partial charge in [-0.05, 0) is 74.5 Å². The second kappa shape index (κ2) is 7.64. The summed E-state index contributed by atoms with van der Waals surface area (Å²) in [6.45, 7) is 9.17. The largest absolute Gasteiger partial charge is 0.193 e. The van der Waals surface area contributed by atoms with Gasteiger partial charge in [-0.25, -0.2) is 0 Å². The summed E-state index contributed by atoms with van der Waals surface area (Å²) in [7, 11) is 0. The molecule has 2 rings (SSSR count). The molecule has 0 fully saturated rings. The number of hydrogen-bond acceptors (Lipinski definition) is 1. The Bertz CT molecular complexity index is 642. The van der Waals surface area contributed by atoms with E-state index in [1.54, 1.807) is 11.6 Å². The summed E-state index contributed by atoms with van der Waals surface area (Å²) < 4.78 is 0. The molecule has 122 valence electrons. The zero-order chi connectivity index (χ0) is 16.9. The molecule has 23 heavy (non-hydrogen) atoms. The summed E-state index contributed by atoms with van der Waals surface area (Å²) in [6, 6.07) is 2.15. The lowest BCUT2D eigenvalue weighted by atomic mass is 9.72. The highest BCUT2D eigenvalue weighted by Gasteiger charge is 2.26. The van der Waals surface area contributed by atoms with E-state index in [-0.39, 0.29) is 0 Å². The minimum Gasteiger partial charge on any atom is -0.193 e. The Kier molecular flexibility index (Phi) is 5.83. The van der Waals surface area contributed by atoms with Gasteiger partial charge in [-0.2, -0.15) is 5.26 Å². The topological polar surface area (TPSA) is 23.8 Å². The van der Waals surface area contributed by atoms with Gasteiger partial charge in [0, 0.05) is 6.08 Å². The van der Waals surface area contributed by atoms with Crippen molar-refractivity contribution in [2.45, 2.75) is 66.2 Å². The van der Waals surface area contributed by atoms with Gasteiger partial charge in [0.2, 0.25) is 0 Å². The summed E-state index contributed by atoms with van der Waals surface area (Å²) in [4.78, 5) is 0. The molecule has 0 aromatic heterocycles. The Labute approximate surface area is 141 Å². The zero-order valence-corrected chi connectivity index (χ0v) is 15.1. The van der Waals surface area contributed by atoms with E-state index in [2.05, 4.69) is 58.1 Å². The maximum atomic E-state index is 8.80. The van der Waals surface area contributed by atoms with Crippen LogP contribution < -0.4 is 0 Å². The van der Waals surface area contributed by atoms with Crippen molar-refractivity contribution in [3.8, 4) is 6.07 Å². The van der Waals surface area contributed by atoms with Crippen LogP contribution in [0, 0.1) is 16.7 Å². The summed E-state index contributed by atoms with van der Waals surface area (Å²) in [5.74, 6) is 0. The van der Waals surface area contributed by atoms with Gasteiger partial charge in [0.15, 0.2) is 0 Å². The Balaban J connectivity index is 2.17. The third-order valence-corrected chi connectivity index (χ3v) is 5.02. The highest BCUT2D eigenvalue weighted by atomic mass is 14.3. The van der Waals surface area contributed by atoms with Crippen LogP contribution in [0.1, 0.15) is 66.2 Å². The molecule has 1 heteroatoms. The molecule has 0 amide bonds. The van der Waals surface area contributed by atoms with Crippen LogP contribution in [0.3, 0.4) is 0 Å². The van der Waals surface area contributed by atoms with Gasteiger partial charge < -0.3 is 0 Å². The van der Waals surface area contributed by atoms with E-state index in [1.165, 1.54) is 36.0 Å². The van der Waals surface area contributed by atoms with Gasteiger partial charge >= 0.3 is 0 Å². The highest BCUT2D eigenvalue weighted by Crippen LogP contribution is 2.40. The van der Waals surface area contributed by atoms with Gasteiger partial charge in [0.05, 0.1) is 6.07 Å². The van der Waals surface area contributed by atoms with E-state index in [1.807, 2.05) is 0 Å². The molecule has 0 heterocycles. The van der Waals surface area contributed by atoms with Gasteiger partial charge in [0.25, 0.3) is 0 Å². The molecule has 0 saturated carbocycles. The molecule has 1 nitrogen and oxygen atoms in total. The molecule has 0 atom stereocenters. The molecule has 2 aliphatic carbocycles. The molecular formula is C22H29N. The van der Waals surface area contributed by atoms with Crippen LogP contribution in [-0.4, -0.2) is 0 Å². The Morgan fingerprint density at radius 1 is 1.22 bits per heavy atom. The molecule has 0 spiro atoms. The van der Waals surface area contributed by atoms with E-state index in [4.69, 9.17) is 5.26 Å². The maximum Gasteiger partial charge on any atom is 0.0914 e. The monoisotopic (exact) mass is 307 g/mol. The van der Waals surface area contributed by atoms with Crippen LogP contribution in [-0.2, 0) is 0 Å². The third-order valence-electron chi connectivity index (χ3n) is 5.02. The zero-order valence-electron chi connectivity index (χ0n) is 15.1. The molecule has 2 aliphatic rings. The smallest absolute Gasteiger partial charge is 0.0914 e. The average Bonchev–Trinajstić information content (AvgIpc) is 2.46. The third kappa shape index (κ3) is 4.83. The van der Waals surface area contributed by atoms with Crippen LogP contribution in [0.2, 0.25) is 0 Å². The van der Waals surface area contributed by atoms with Crippen molar-refractivity contribution in [2.24, 2.45) is 5.41 Å². The standard InChI is InChI=1S/C22H29N/c1-17(15-20-9-5-8-19(16-20)12-14-23)10-11-21-18(2)7-6-13-22(21,3)4/h10-12,15-16H,5-9,13H2,1-4H3/b11-10+,17-15+,19-12-. The van der Waals surface area contributed by atoms with Gasteiger partial charge in [0.1, 0.15) is 0 Å². The van der Waals surface area contributed by atoms with E-state index >= 15 is 0 Å². The molecule has 0 aromatic rings. The van der Waals surface area contributed by atoms with Gasteiger partial charge in [-0.3, -0.25) is 0 Å². The number of nitriles is 1. The van der Waals surface area contributed by atoms with Crippen LogP contribution >= 0.6 is 0 Å². The fraction of sp³-hybridized carbons (Fsp3) is 0.500. The SMILES string of the molecule is CC1=C(/C=C/C(C)=C/C2=CC(=C\C#N)/CCC2)C(C)(C)CCC1. The fourth-order valence-corrected chi connectivity index (χ4v) is 3.76. The summed E-state index contributed by atoms with van der Waals surface area (Å²) in [5, 5.41) is 8.80. The number of hydrogen-bond donors (Lipinski definition) is 0. The fourth-order valence-electron chi connectivity index (χ4n) is 3.76. The maximum absolute atomic E-state index is 8.80. The van der Waals surface area contributed by atoms with E-state index < -0.39 is 0 Å². The van der Waals surface area contributed by atoms with Crippen molar-refractivity contribution >= 4 is 0 Å². The van der Waals surface area contributed by atoms with Crippen molar-refractivity contribution in [2.75, 3.05) is 0 Å². The number of allylic oxidation sites excluding steroid dienone is 10. The van der Waals surface area contributed by atoms with Crippen molar-refractivity contribution in [3.63, 3.8) is 0 Å². The summed E-state index contributed by atoms with van der Waals surface area (Å²) >= 11 is 0. The minimum atomic E-state index is 0.298. The van der Waals surface area contributed by atoms with Crippen LogP contribution in [0.25, 0.3) is 0 Å². The minimum absolute atomic E-state index is 0.298. The Morgan fingerprint density at radius 3 is 2.70 bits per heavy atom. The van der Waals surface area contributed by atoms with E-state index in [0.717, 1.165) is 24.8 Å². The molecular weight excluding hydrogens is 278 g/mol. The Morgan fingerprint density at radius 2 is 2.00 bits per heavy atom.